The summed E-state index contributed by atoms with van der Waals surface area (Å²) in [5, 5.41) is 4.63. The number of aliphatic imine (C=N–C) groups is 1. The van der Waals surface area contributed by atoms with E-state index >= 15 is 0 Å². The lowest BCUT2D eigenvalue weighted by Gasteiger charge is -2.15. The average Bonchev–Trinajstić information content (AvgIpc) is 3.16. The molecule has 1 aromatic heterocycles. The molecule has 0 unspecified atom stereocenters. The summed E-state index contributed by atoms with van der Waals surface area (Å²) in [6.45, 7) is 0. The van der Waals surface area contributed by atoms with Crippen LogP contribution in [0.15, 0.2) is 83.9 Å². The van der Waals surface area contributed by atoms with Crippen molar-refractivity contribution in [3.63, 3.8) is 0 Å². The highest BCUT2D eigenvalue weighted by molar-refractivity contribution is 5.99. The van der Waals surface area contributed by atoms with Crippen LogP contribution in [0.2, 0.25) is 0 Å². The van der Waals surface area contributed by atoms with Gasteiger partial charge in [0.25, 0.3) is 0 Å². The van der Waals surface area contributed by atoms with Crippen LogP contribution in [0.1, 0.15) is 29.2 Å². The van der Waals surface area contributed by atoms with Gasteiger partial charge in [0.1, 0.15) is 11.6 Å². The summed E-state index contributed by atoms with van der Waals surface area (Å²) in [7, 11) is 0. The second kappa shape index (κ2) is 7.47. The number of benzene rings is 3. The molecule has 3 nitrogen and oxygen atoms in total. The maximum Gasteiger partial charge on any atom is 0.127 e. The van der Waals surface area contributed by atoms with Gasteiger partial charge in [0.15, 0.2) is 0 Å². The smallest absolute Gasteiger partial charge is 0.127 e. The number of nitrogens with one attached hydrogen (secondary N) is 1. The zero-order valence-corrected chi connectivity index (χ0v) is 15.8. The summed E-state index contributed by atoms with van der Waals surface area (Å²) in [6.07, 6.45) is 3.99. The van der Waals surface area contributed by atoms with Crippen LogP contribution in [-0.4, -0.2) is 11.2 Å². The minimum atomic E-state index is -0.261. The van der Waals surface area contributed by atoms with E-state index in [4.69, 9.17) is 4.98 Å². The molecular formula is C25H20FN3. The van der Waals surface area contributed by atoms with Crippen LogP contribution in [0, 0.1) is 5.82 Å². The second-order valence-corrected chi connectivity index (χ2v) is 7.28. The van der Waals surface area contributed by atoms with Crippen LogP contribution in [0.5, 0.6) is 0 Å². The highest BCUT2D eigenvalue weighted by atomic mass is 19.1. The fourth-order valence-electron chi connectivity index (χ4n) is 3.93. The van der Waals surface area contributed by atoms with Crippen LogP contribution >= 0.6 is 0 Å². The lowest BCUT2D eigenvalue weighted by molar-refractivity contribution is 0.628. The topological polar surface area (TPSA) is 37.3 Å². The molecule has 0 radical (unpaired) electrons. The SMILES string of the molecule is Fc1ccc(N=Cc2cccc3nc(N[C@@H]4CCc5ccccc54)ccc23)cc1. The summed E-state index contributed by atoms with van der Waals surface area (Å²) >= 11 is 0. The van der Waals surface area contributed by atoms with E-state index in [0.29, 0.717) is 6.04 Å². The molecule has 1 aliphatic carbocycles. The van der Waals surface area contributed by atoms with Crippen molar-refractivity contribution in [1.82, 2.24) is 4.98 Å². The predicted molar refractivity (Wildman–Crippen MR) is 117 cm³/mol. The number of hydrogen-bond acceptors (Lipinski definition) is 3. The molecule has 0 fully saturated rings. The first-order chi connectivity index (χ1) is 14.3. The molecule has 3 aromatic carbocycles. The van der Waals surface area contributed by atoms with Gasteiger partial charge in [0, 0.05) is 17.2 Å². The summed E-state index contributed by atoms with van der Waals surface area (Å²) in [5.74, 6) is 0.620. The summed E-state index contributed by atoms with van der Waals surface area (Å²) < 4.78 is 13.1. The molecule has 1 heterocycles. The Kier molecular flexibility index (Phi) is 4.53. The van der Waals surface area contributed by atoms with Gasteiger partial charge >= 0.3 is 0 Å². The van der Waals surface area contributed by atoms with Crippen molar-refractivity contribution in [3.05, 3.63) is 101 Å². The normalized spacial score (nSPS) is 15.7. The van der Waals surface area contributed by atoms with Crippen molar-refractivity contribution >= 4 is 28.6 Å². The Morgan fingerprint density at radius 1 is 0.931 bits per heavy atom. The quantitative estimate of drug-likeness (QED) is 0.426. The van der Waals surface area contributed by atoms with Crippen LogP contribution in [-0.2, 0) is 6.42 Å². The maximum absolute atomic E-state index is 13.1. The highest BCUT2D eigenvalue weighted by Gasteiger charge is 2.21. The number of aromatic nitrogens is 1. The number of anilines is 1. The van der Waals surface area contributed by atoms with Gasteiger partial charge in [-0.1, -0.05) is 36.4 Å². The van der Waals surface area contributed by atoms with Gasteiger partial charge < -0.3 is 5.32 Å². The van der Waals surface area contributed by atoms with Crippen LogP contribution in [0.4, 0.5) is 15.9 Å². The van der Waals surface area contributed by atoms with Crippen molar-refractivity contribution in [1.29, 1.82) is 0 Å². The average molecular weight is 381 g/mol. The van der Waals surface area contributed by atoms with Crippen molar-refractivity contribution in [3.8, 4) is 0 Å². The van der Waals surface area contributed by atoms with E-state index in [0.717, 1.165) is 40.8 Å². The van der Waals surface area contributed by atoms with Gasteiger partial charge in [-0.3, -0.25) is 4.99 Å². The molecule has 0 bridgehead atoms. The second-order valence-electron chi connectivity index (χ2n) is 7.28. The molecule has 1 N–H and O–H groups in total. The molecule has 142 valence electrons. The van der Waals surface area contributed by atoms with E-state index in [2.05, 4.69) is 40.6 Å². The molecule has 0 saturated heterocycles. The van der Waals surface area contributed by atoms with Crippen LogP contribution in [0.3, 0.4) is 0 Å². The molecule has 5 rings (SSSR count). The summed E-state index contributed by atoms with van der Waals surface area (Å²) in [5.41, 5.74) is 5.41. The van der Waals surface area contributed by atoms with Gasteiger partial charge in [-0.15, -0.1) is 0 Å². The standard InChI is InChI=1S/C25H20FN3/c26-19-9-11-20(12-10-19)27-16-18-5-3-7-23-22(18)13-15-25(28-23)29-24-14-8-17-4-1-2-6-21(17)24/h1-7,9-13,15-16,24H,8,14H2,(H,28,29)/t24-/m1/s1. The number of halogens is 1. The van der Waals surface area contributed by atoms with Crippen molar-refractivity contribution in [2.45, 2.75) is 18.9 Å². The number of pyridine rings is 1. The number of fused-ring (bicyclic) bond motifs is 2. The van der Waals surface area contributed by atoms with E-state index in [1.165, 1.54) is 23.3 Å². The first-order valence-corrected chi connectivity index (χ1v) is 9.80. The molecule has 0 spiro atoms. The molecule has 1 aliphatic rings. The van der Waals surface area contributed by atoms with E-state index in [-0.39, 0.29) is 5.82 Å². The Morgan fingerprint density at radius 3 is 2.69 bits per heavy atom. The van der Waals surface area contributed by atoms with Crippen molar-refractivity contribution in [2.75, 3.05) is 5.32 Å². The third kappa shape index (κ3) is 3.61. The first kappa shape index (κ1) is 17.6. The highest BCUT2D eigenvalue weighted by Crippen LogP contribution is 2.33. The predicted octanol–water partition coefficient (Wildman–Crippen LogP) is 6.22. The summed E-state index contributed by atoms with van der Waals surface area (Å²) in [6, 6.07) is 25.2. The van der Waals surface area contributed by atoms with E-state index in [1.807, 2.05) is 24.3 Å². The van der Waals surface area contributed by atoms with Gasteiger partial charge in [-0.25, -0.2) is 9.37 Å². The third-order valence-electron chi connectivity index (χ3n) is 5.40. The van der Waals surface area contributed by atoms with Crippen molar-refractivity contribution in [2.24, 2.45) is 4.99 Å². The Hall–Kier alpha value is -3.53. The molecule has 0 aliphatic heterocycles. The molecule has 0 saturated carbocycles. The van der Waals surface area contributed by atoms with Crippen LogP contribution in [0.25, 0.3) is 10.9 Å². The lowest BCUT2D eigenvalue weighted by Crippen LogP contribution is -2.08. The van der Waals surface area contributed by atoms with Gasteiger partial charge in [0.05, 0.1) is 17.2 Å². The maximum atomic E-state index is 13.1. The van der Waals surface area contributed by atoms with Crippen LogP contribution < -0.4 is 5.32 Å². The van der Waals surface area contributed by atoms with E-state index in [1.54, 1.807) is 18.3 Å². The first-order valence-electron chi connectivity index (χ1n) is 9.80. The molecule has 4 heteroatoms. The fraction of sp³-hybridized carbons (Fsp3) is 0.120. The molecule has 0 amide bonds. The van der Waals surface area contributed by atoms with E-state index in [9.17, 15) is 4.39 Å². The monoisotopic (exact) mass is 381 g/mol. The molecule has 1 atom stereocenters. The number of aryl methyl sites for hydroxylation is 1. The molecule has 29 heavy (non-hydrogen) atoms. The largest absolute Gasteiger partial charge is 0.363 e. The fourth-order valence-corrected chi connectivity index (χ4v) is 3.93. The minimum Gasteiger partial charge on any atom is -0.363 e. The number of hydrogen-bond donors (Lipinski definition) is 1. The third-order valence-corrected chi connectivity index (χ3v) is 5.40. The lowest BCUT2D eigenvalue weighted by atomic mass is 10.1. The zero-order valence-electron chi connectivity index (χ0n) is 15.8. The van der Waals surface area contributed by atoms with Crippen molar-refractivity contribution < 1.29 is 4.39 Å². The summed E-state index contributed by atoms with van der Waals surface area (Å²) in [4.78, 5) is 9.28. The van der Waals surface area contributed by atoms with E-state index < -0.39 is 0 Å². The Morgan fingerprint density at radius 2 is 1.79 bits per heavy atom. The number of rotatable bonds is 4. The molecular weight excluding hydrogens is 361 g/mol. The molecule has 4 aromatic rings. The zero-order chi connectivity index (χ0) is 19.6. The van der Waals surface area contributed by atoms with Gasteiger partial charge in [-0.05, 0) is 66.4 Å². The minimum absolute atomic E-state index is 0.261. The van der Waals surface area contributed by atoms with Gasteiger partial charge in [-0.2, -0.15) is 0 Å². The van der Waals surface area contributed by atoms with Gasteiger partial charge in [0.2, 0.25) is 0 Å². The Bertz CT molecular complexity index is 1200. The number of nitrogens with zero attached hydrogens (tertiary/aromatic N) is 2. The Balaban J connectivity index is 1.41. The Labute approximate surface area is 169 Å².